The third-order valence-electron chi connectivity index (χ3n) is 13.1. The summed E-state index contributed by atoms with van der Waals surface area (Å²) in [6.45, 7) is 21.0. The summed E-state index contributed by atoms with van der Waals surface area (Å²) in [5, 5.41) is 7.92. The minimum absolute atomic E-state index is 0. The van der Waals surface area contributed by atoms with Gasteiger partial charge in [-0.05, 0) is 57.4 Å². The van der Waals surface area contributed by atoms with E-state index in [0.29, 0.717) is 72.7 Å². The molecule has 2 saturated heterocycles. The zero-order chi connectivity index (χ0) is 48.8. The maximum Gasteiger partial charge on any atom is 0.252 e. The number of hydrogen-bond donors (Lipinski definition) is 2. The number of nitrogen functional groups attached to an aromatic ring is 1. The maximum absolute atomic E-state index is 15.7. The number of nitrogens with two attached hydrogens (primary N) is 1. The Bertz CT molecular complexity index is 2840. The zero-order valence-corrected chi connectivity index (χ0v) is 42.1. The van der Waals surface area contributed by atoms with E-state index in [0.717, 1.165) is 44.7 Å². The maximum atomic E-state index is 15.7. The molecule has 19 heteroatoms. The van der Waals surface area contributed by atoms with Gasteiger partial charge >= 0.3 is 0 Å². The molecule has 361 valence electrons. The van der Waals surface area contributed by atoms with E-state index < -0.39 is 17.4 Å². The Morgan fingerprint density at radius 3 is 2.49 bits per heavy atom. The molecule has 70 heavy (non-hydrogen) atoms. The van der Waals surface area contributed by atoms with Crippen molar-refractivity contribution in [2.75, 3.05) is 51.5 Å². The Morgan fingerprint density at radius 2 is 1.79 bits per heavy atom. The smallest absolute Gasteiger partial charge is 0.252 e. The van der Waals surface area contributed by atoms with E-state index in [1.54, 1.807) is 63.0 Å². The third-order valence-corrected chi connectivity index (χ3v) is 13.1. The number of anilines is 1. The number of amides is 3. The molecule has 3 N–H and O–H groups in total. The number of ketones is 2. The molecule has 0 spiro atoms. The molecule has 1 saturated carbocycles. The first kappa shape index (κ1) is 51.5. The predicted octanol–water partition coefficient (Wildman–Crippen LogP) is 5.28. The van der Waals surface area contributed by atoms with E-state index in [1.165, 1.54) is 12.4 Å². The van der Waals surface area contributed by atoms with Gasteiger partial charge in [0.25, 0.3) is 5.91 Å². The van der Waals surface area contributed by atoms with E-state index in [4.69, 9.17) is 22.1 Å². The fourth-order valence-corrected chi connectivity index (χ4v) is 9.47. The molecular formula is C51H54FN11O6Y-2. The van der Waals surface area contributed by atoms with Crippen LogP contribution in [0, 0.1) is 25.4 Å². The van der Waals surface area contributed by atoms with E-state index in [-0.39, 0.29) is 98.1 Å². The van der Waals surface area contributed by atoms with Crippen molar-refractivity contribution in [1.29, 1.82) is 0 Å². The molecule has 1 unspecified atom stereocenters. The van der Waals surface area contributed by atoms with Crippen molar-refractivity contribution in [3.63, 3.8) is 0 Å². The monoisotopic (exact) mass is 1020 g/mol. The van der Waals surface area contributed by atoms with Gasteiger partial charge in [-0.2, -0.15) is 29.4 Å². The molecule has 3 fully saturated rings. The molecule has 4 aliphatic rings. The second kappa shape index (κ2) is 22.6. The Morgan fingerprint density at radius 1 is 1.01 bits per heavy atom. The molecular weight excluding hydrogens is 971 g/mol. The molecule has 5 heterocycles. The van der Waals surface area contributed by atoms with Crippen molar-refractivity contribution in [2.45, 2.75) is 76.7 Å². The van der Waals surface area contributed by atoms with E-state index in [2.05, 4.69) is 42.9 Å². The molecule has 3 aliphatic heterocycles. The van der Waals surface area contributed by atoms with Crippen molar-refractivity contribution in [3.05, 3.63) is 126 Å². The Kier molecular flexibility index (Phi) is 16.6. The van der Waals surface area contributed by atoms with Gasteiger partial charge in [0.1, 0.15) is 40.9 Å². The van der Waals surface area contributed by atoms with Gasteiger partial charge in [-0.25, -0.2) is 23.9 Å². The van der Waals surface area contributed by atoms with Crippen LogP contribution < -0.4 is 15.8 Å². The van der Waals surface area contributed by atoms with Crippen LogP contribution in [-0.2, 0) is 65.0 Å². The number of carbonyl (C=O) groups excluding carboxylic acids is 5. The summed E-state index contributed by atoms with van der Waals surface area (Å²) in [4.78, 5) is 80.5. The van der Waals surface area contributed by atoms with Gasteiger partial charge < -0.3 is 37.3 Å². The van der Waals surface area contributed by atoms with E-state index in [9.17, 15) is 24.0 Å². The SMILES string of the molecule is O=C1CCC(N2Cc3[c-]cccc3C2=O)C(=O)C1.[C-]#[N+]/C(=C\C(C)(C)N1CCN(CCNC([CH2-])=O)CC1)C(=O)N1CCC[C@@H]1Cn1nc(-c2ccc(Oc3ccccc3)cc2F)c2c(N)ncnc21.[Y]. The summed E-state index contributed by atoms with van der Waals surface area (Å²) in [5.74, 6) is -0.348. The number of carbonyl (C=O) groups is 5. The number of nitrogens with one attached hydrogen (secondary N) is 1. The van der Waals surface area contributed by atoms with Crippen molar-refractivity contribution < 1.29 is 65.8 Å². The molecule has 1 radical (unpaired) electrons. The van der Waals surface area contributed by atoms with Crippen LogP contribution in [0.25, 0.3) is 27.1 Å². The molecule has 2 aromatic heterocycles. The van der Waals surface area contributed by atoms with Gasteiger partial charge in [-0.1, -0.05) is 29.8 Å². The number of aromatic nitrogens is 4. The van der Waals surface area contributed by atoms with Crippen molar-refractivity contribution in [2.24, 2.45) is 0 Å². The topological polar surface area (TPSA) is 194 Å². The molecule has 3 amide bonds. The second-order valence-corrected chi connectivity index (χ2v) is 18.0. The van der Waals surface area contributed by atoms with Gasteiger partial charge in [0, 0.05) is 109 Å². The van der Waals surface area contributed by atoms with Crippen LogP contribution in [-0.4, -0.2) is 132 Å². The Hall–Kier alpha value is -6.39. The number of hydrogen-bond acceptors (Lipinski definition) is 12. The number of nitrogens with zero attached hydrogens (tertiary/aromatic N) is 9. The number of piperazine rings is 1. The quantitative estimate of drug-likeness (QED) is 0.0936. The second-order valence-electron chi connectivity index (χ2n) is 18.0. The summed E-state index contributed by atoms with van der Waals surface area (Å²) in [7, 11) is 0. The standard InChI is InChI=1S/C37H42FN10O3.C14H12NO3.Y/c1-25(49)41-14-16-45-17-19-46(20-18-45)37(2,3)22-31(40-4)36(50)47-15-8-9-26(47)23-48-35-32(34(39)42-24-43-35)33(44-48)29-13-12-28(21-30(29)38)51-27-10-6-5-7-11-27;16-10-5-6-12(13(17)7-10)15-8-9-3-1-2-4-11(9)14(15)18;/h5-7,10-13,21-22,24,26H,1,8-9,14-20,23H2,2-3H3,(H,41,49)(H2,39,42,43);1-2,4,12H,5-8H2;/q2*-1;/b31-22-;;/t26-;;/m1../s1. The van der Waals surface area contributed by atoms with Gasteiger partial charge in [-0.3, -0.25) is 29.0 Å². The predicted molar refractivity (Wildman–Crippen MR) is 254 cm³/mol. The first-order valence-corrected chi connectivity index (χ1v) is 23.0. The van der Waals surface area contributed by atoms with E-state index >= 15 is 4.39 Å². The van der Waals surface area contributed by atoms with Crippen LogP contribution in [0.2, 0.25) is 0 Å². The summed E-state index contributed by atoms with van der Waals surface area (Å²) < 4.78 is 23.1. The van der Waals surface area contributed by atoms with Gasteiger partial charge in [0.05, 0.1) is 42.9 Å². The van der Waals surface area contributed by atoms with Crippen molar-refractivity contribution in [1.82, 2.24) is 44.7 Å². The number of benzene rings is 3. The molecule has 17 nitrogen and oxygen atoms in total. The summed E-state index contributed by atoms with van der Waals surface area (Å²) >= 11 is 0. The molecule has 1 aliphatic carbocycles. The van der Waals surface area contributed by atoms with Crippen LogP contribution in [0.4, 0.5) is 10.2 Å². The average Bonchev–Trinajstić information content (AvgIpc) is 4.05. The summed E-state index contributed by atoms with van der Waals surface area (Å²) in [6, 6.07) is 21.3. The number of Topliss-reactive ketones (excluding diaryl/α,β-unsaturated/α-hetero) is 2. The van der Waals surface area contributed by atoms with Crippen molar-refractivity contribution >= 4 is 46.1 Å². The van der Waals surface area contributed by atoms with Crippen LogP contribution >= 0.6 is 0 Å². The third kappa shape index (κ3) is 11.6. The number of halogens is 1. The number of fused-ring (bicyclic) bond motifs is 2. The molecule has 3 aromatic carbocycles. The fraction of sp³-hybridized carbons (Fsp3) is 0.373. The Labute approximate surface area is 431 Å². The summed E-state index contributed by atoms with van der Waals surface area (Å²) in [5.41, 5.74) is 8.25. The summed E-state index contributed by atoms with van der Waals surface area (Å²) in [6.07, 6.45) is 5.40. The Balaban J connectivity index is 0.000000317. The number of para-hydroxylation sites is 1. The first-order valence-electron chi connectivity index (χ1n) is 23.0. The van der Waals surface area contributed by atoms with Crippen molar-refractivity contribution in [3.8, 4) is 22.8 Å². The van der Waals surface area contributed by atoms with Crippen LogP contribution in [0.3, 0.4) is 0 Å². The minimum atomic E-state index is -0.547. The molecule has 2 atom stereocenters. The van der Waals surface area contributed by atoms with Crippen LogP contribution in [0.1, 0.15) is 61.9 Å². The first-order chi connectivity index (χ1) is 33.2. The molecule has 9 rings (SSSR count). The van der Waals surface area contributed by atoms with E-state index in [1.807, 2.05) is 32.0 Å². The average molecular weight is 1020 g/mol. The number of rotatable bonds is 12. The molecule has 0 bridgehead atoms. The zero-order valence-electron chi connectivity index (χ0n) is 39.3. The largest absolute Gasteiger partial charge is 0.457 e. The van der Waals surface area contributed by atoms with Crippen LogP contribution in [0.15, 0.2) is 84.8 Å². The van der Waals surface area contributed by atoms with Gasteiger partial charge in [0.15, 0.2) is 17.3 Å². The van der Waals surface area contributed by atoms with Gasteiger partial charge in [0.2, 0.25) is 5.70 Å². The van der Waals surface area contributed by atoms with Crippen LogP contribution in [0.5, 0.6) is 11.5 Å². The molecule has 5 aromatic rings. The fourth-order valence-electron chi connectivity index (χ4n) is 9.47. The minimum Gasteiger partial charge on any atom is -0.457 e. The number of likely N-dealkylation sites (tertiary alicyclic amines) is 1. The van der Waals surface area contributed by atoms with Gasteiger partial charge in [-0.15, -0.1) is 5.56 Å². The normalized spacial score (nSPS) is 18.7. The number of ether oxygens (including phenoxy) is 1.